The van der Waals surface area contributed by atoms with Crippen molar-refractivity contribution < 1.29 is 9.59 Å². The average Bonchev–Trinajstić information content (AvgIpc) is 0.838. The molecule has 0 bridgehead atoms. The lowest BCUT2D eigenvalue weighted by Crippen LogP contribution is -2.62. The summed E-state index contributed by atoms with van der Waals surface area (Å²) in [4.78, 5) is 82.6. The predicted octanol–water partition coefficient (Wildman–Crippen LogP) is 12.8. The molecule has 0 spiro atoms. The molecule has 0 N–H and O–H groups in total. The van der Waals surface area contributed by atoms with Crippen LogP contribution in [0.2, 0.25) is 0 Å². The van der Waals surface area contributed by atoms with Crippen LogP contribution in [-0.4, -0.2) is 89.8 Å². The molecule has 6 heterocycles. The highest BCUT2D eigenvalue weighted by Crippen LogP contribution is 2.59. The first-order valence-electron chi connectivity index (χ1n) is 32.1. The molecule has 4 fully saturated rings. The van der Waals surface area contributed by atoms with Crippen LogP contribution in [0.15, 0.2) is 180 Å². The number of para-hydroxylation sites is 2. The Bertz CT molecular complexity index is 3450. The SMILES string of the molecule is Cn1c(=O)c(CN(CC(c2ccccc2)C2CCN(Cc3ccncc3)CC2)C(=O)C2(C3(C(=O)N(Cc4cc5ccccc5n(C)c4=O)CC(c4ccccc4)C4CCN(Cc5cccnc5)CC4)CCCCC3)CCCCC2)cc2ccccc21. The fourth-order valence-electron chi connectivity index (χ4n) is 16.2. The number of likely N-dealkylation sites (tertiary alicyclic amines) is 2. The molecule has 8 aromatic rings. The Kier molecular flexibility index (Phi) is 18.2. The summed E-state index contributed by atoms with van der Waals surface area (Å²) in [6.07, 6.45) is 19.1. The van der Waals surface area contributed by atoms with Crippen molar-refractivity contribution in [3.63, 3.8) is 0 Å². The second-order valence-electron chi connectivity index (χ2n) is 25.8. The van der Waals surface area contributed by atoms with Crippen LogP contribution in [-0.2, 0) is 49.9 Å². The summed E-state index contributed by atoms with van der Waals surface area (Å²) in [5, 5.41) is 1.90. The molecule has 2 unspecified atom stereocenters. The number of pyridine rings is 4. The van der Waals surface area contributed by atoms with Crippen LogP contribution >= 0.6 is 0 Å². The number of benzene rings is 4. The Morgan fingerprint density at radius 1 is 0.488 bits per heavy atom. The Hall–Kier alpha value is -7.54. The van der Waals surface area contributed by atoms with Crippen LogP contribution in [0.25, 0.3) is 21.8 Å². The van der Waals surface area contributed by atoms with E-state index in [1.165, 1.54) is 22.3 Å². The van der Waals surface area contributed by atoms with Gasteiger partial charge >= 0.3 is 0 Å². The van der Waals surface area contributed by atoms with Gasteiger partial charge < -0.3 is 18.9 Å². The highest BCUT2D eigenvalue weighted by molar-refractivity contribution is 5.94. The van der Waals surface area contributed by atoms with Crippen LogP contribution in [0, 0.1) is 22.7 Å². The summed E-state index contributed by atoms with van der Waals surface area (Å²) in [6.45, 7) is 6.54. The lowest BCUT2D eigenvalue weighted by molar-refractivity contribution is -0.175. The number of hydrogen-bond donors (Lipinski definition) is 0. The fraction of sp³-hybridized carbons (Fsp3) is 0.432. The molecule has 12 heteroatoms. The van der Waals surface area contributed by atoms with E-state index in [0.29, 0.717) is 49.9 Å². The third-order valence-corrected chi connectivity index (χ3v) is 20.8. The molecule has 2 saturated carbocycles. The van der Waals surface area contributed by atoms with Gasteiger partial charge in [-0.25, -0.2) is 0 Å². The maximum Gasteiger partial charge on any atom is 0.255 e. The number of aromatic nitrogens is 4. The molecule has 2 aliphatic heterocycles. The van der Waals surface area contributed by atoms with Gasteiger partial charge in [0.1, 0.15) is 0 Å². The van der Waals surface area contributed by atoms with Crippen molar-refractivity contribution >= 4 is 33.6 Å². The molecule has 12 nitrogen and oxygen atoms in total. The topological polar surface area (TPSA) is 117 Å². The molecular weight excluding hydrogens is 1060 g/mol. The van der Waals surface area contributed by atoms with Gasteiger partial charge in [-0.05, 0) is 165 Å². The molecule has 12 rings (SSSR count). The summed E-state index contributed by atoms with van der Waals surface area (Å²) in [6, 6.07) is 50.0. The minimum absolute atomic E-state index is 0.0142. The van der Waals surface area contributed by atoms with Gasteiger partial charge in [-0.15, -0.1) is 0 Å². The minimum Gasteiger partial charge on any atom is -0.337 e. The van der Waals surface area contributed by atoms with Gasteiger partial charge in [-0.2, -0.15) is 0 Å². The molecular formula is C74H86N8O4. The van der Waals surface area contributed by atoms with Crippen LogP contribution in [0.1, 0.15) is 135 Å². The molecule has 2 amide bonds. The van der Waals surface area contributed by atoms with Crippen molar-refractivity contribution in [1.82, 2.24) is 38.7 Å². The number of nitrogens with zero attached hydrogens (tertiary/aromatic N) is 8. The predicted molar refractivity (Wildman–Crippen MR) is 343 cm³/mol. The monoisotopic (exact) mass is 1150 g/mol. The van der Waals surface area contributed by atoms with Gasteiger partial charge in [-0.1, -0.05) is 142 Å². The van der Waals surface area contributed by atoms with E-state index in [1.54, 1.807) is 9.13 Å². The third kappa shape index (κ3) is 12.4. The lowest BCUT2D eigenvalue weighted by Gasteiger charge is -2.55. The van der Waals surface area contributed by atoms with Gasteiger partial charge in [0.05, 0.1) is 35.0 Å². The van der Waals surface area contributed by atoms with Crippen molar-refractivity contribution in [1.29, 1.82) is 0 Å². The van der Waals surface area contributed by atoms with E-state index >= 15 is 9.59 Å². The van der Waals surface area contributed by atoms with E-state index < -0.39 is 10.8 Å². The highest BCUT2D eigenvalue weighted by atomic mass is 16.2. The number of carbonyl (C=O) groups is 2. The Morgan fingerprint density at radius 3 is 1.34 bits per heavy atom. The summed E-state index contributed by atoms with van der Waals surface area (Å²) in [5.74, 6) is 0.524. The highest BCUT2D eigenvalue weighted by Gasteiger charge is 2.62. The molecule has 4 aromatic heterocycles. The van der Waals surface area contributed by atoms with Crippen LogP contribution < -0.4 is 11.1 Å². The van der Waals surface area contributed by atoms with Gasteiger partial charge in [0, 0.05) is 88.0 Å². The van der Waals surface area contributed by atoms with Gasteiger partial charge in [0.2, 0.25) is 11.8 Å². The maximum atomic E-state index is 17.4. The van der Waals surface area contributed by atoms with E-state index in [-0.39, 0.29) is 59.7 Å². The van der Waals surface area contributed by atoms with Gasteiger partial charge in [0.25, 0.3) is 11.1 Å². The zero-order valence-electron chi connectivity index (χ0n) is 50.7. The second-order valence-corrected chi connectivity index (χ2v) is 25.8. The number of hydrogen-bond acceptors (Lipinski definition) is 8. The number of carbonyl (C=O) groups excluding carboxylic acids is 2. The summed E-state index contributed by atoms with van der Waals surface area (Å²) < 4.78 is 3.48. The van der Waals surface area contributed by atoms with E-state index in [4.69, 9.17) is 0 Å². The molecule has 0 radical (unpaired) electrons. The first-order valence-corrected chi connectivity index (χ1v) is 32.1. The van der Waals surface area contributed by atoms with Crippen LogP contribution in [0.3, 0.4) is 0 Å². The summed E-state index contributed by atoms with van der Waals surface area (Å²) >= 11 is 0. The van der Waals surface area contributed by atoms with Crippen LogP contribution in [0.5, 0.6) is 0 Å². The first-order chi connectivity index (χ1) is 42.1. The maximum absolute atomic E-state index is 17.4. The van der Waals surface area contributed by atoms with Gasteiger partial charge in [-0.3, -0.25) is 38.9 Å². The van der Waals surface area contributed by atoms with Crippen molar-refractivity contribution in [2.75, 3.05) is 39.3 Å². The molecule has 2 atom stereocenters. The van der Waals surface area contributed by atoms with E-state index in [2.05, 4.69) is 121 Å². The smallest absolute Gasteiger partial charge is 0.255 e. The van der Waals surface area contributed by atoms with E-state index in [0.717, 1.165) is 125 Å². The molecule has 4 aliphatic rings. The molecule has 2 aliphatic carbocycles. The van der Waals surface area contributed by atoms with Crippen molar-refractivity contribution in [2.45, 2.75) is 128 Å². The lowest BCUT2D eigenvalue weighted by atomic mass is 9.50. The van der Waals surface area contributed by atoms with Crippen molar-refractivity contribution in [2.24, 2.45) is 36.8 Å². The van der Waals surface area contributed by atoms with E-state index in [1.807, 2.05) is 93.5 Å². The number of rotatable bonds is 19. The third-order valence-electron chi connectivity index (χ3n) is 20.8. The fourth-order valence-corrected chi connectivity index (χ4v) is 16.2. The quantitative estimate of drug-likeness (QED) is 0.0786. The molecule has 446 valence electrons. The molecule has 4 aromatic carbocycles. The largest absolute Gasteiger partial charge is 0.337 e. The normalized spacial score (nSPS) is 18.6. The summed E-state index contributed by atoms with van der Waals surface area (Å²) in [5.41, 5.74) is 5.36. The van der Waals surface area contributed by atoms with Crippen molar-refractivity contribution in [3.05, 3.63) is 224 Å². The molecule has 2 saturated heterocycles. The van der Waals surface area contributed by atoms with Gasteiger partial charge in [0.15, 0.2) is 0 Å². The number of piperidine rings is 2. The first kappa shape index (κ1) is 58.8. The number of amides is 2. The summed E-state index contributed by atoms with van der Waals surface area (Å²) in [7, 11) is 3.69. The standard InChI is InChI=1S/C74H86N8O4/c1-77-67-27-13-11-25-61(67)46-63(69(77)83)51-81(53-65(57-21-7-3-8-22-57)59-31-42-79(43-32-59)49-55-29-40-75-41-30-55)71(85)73(35-15-5-16-36-73)74(37-17-6-18-38-74)72(86)82(52-64-47-62-26-12-14-28-68(62)78(2)70(64)84)54-66(58-23-9-4-10-24-58)60-33-44-80(45-34-60)50-56-20-19-39-76-48-56/h3-4,7-14,19-30,39-41,46-48,59-60,65-66H,5-6,15-18,31-38,42-45,49-54H2,1-2H3. The zero-order valence-corrected chi connectivity index (χ0v) is 50.7. The zero-order chi connectivity index (χ0) is 59.0. The Labute approximate surface area is 507 Å². The Balaban J connectivity index is 0.960. The number of aryl methyl sites for hydroxylation is 2. The Morgan fingerprint density at radius 2 is 0.907 bits per heavy atom. The van der Waals surface area contributed by atoms with E-state index in [9.17, 15) is 9.59 Å². The van der Waals surface area contributed by atoms with Crippen LogP contribution in [0.4, 0.5) is 0 Å². The average molecular weight is 1150 g/mol. The number of fused-ring (bicyclic) bond motifs is 2. The minimum atomic E-state index is -1.06. The second kappa shape index (κ2) is 26.6. The van der Waals surface area contributed by atoms with Crippen molar-refractivity contribution in [3.8, 4) is 0 Å². The molecule has 86 heavy (non-hydrogen) atoms.